The molecule has 0 spiro atoms. The number of rotatable bonds is 7. The van der Waals surface area contributed by atoms with Crippen molar-refractivity contribution in [1.82, 2.24) is 10.2 Å². The van der Waals surface area contributed by atoms with Crippen LogP contribution in [0.2, 0.25) is 0 Å². The number of aliphatic hydroxyl groups is 1. The first kappa shape index (κ1) is 23.8. The van der Waals surface area contributed by atoms with Crippen molar-refractivity contribution in [3.05, 3.63) is 59.7 Å². The number of carbonyl (C=O) groups is 3. The van der Waals surface area contributed by atoms with Crippen molar-refractivity contribution in [2.24, 2.45) is 5.41 Å². The summed E-state index contributed by atoms with van der Waals surface area (Å²) in [6.45, 7) is 4.02. The number of benzene rings is 2. The minimum absolute atomic E-state index is 0.00564. The Morgan fingerprint density at radius 2 is 1.65 bits per heavy atom. The molecule has 4 rings (SSSR count). The fourth-order valence-corrected chi connectivity index (χ4v) is 4.86. The third-order valence-electron chi connectivity index (χ3n) is 6.57. The molecule has 8 heteroatoms. The van der Waals surface area contributed by atoms with E-state index >= 15 is 0 Å². The number of hydrogen-bond donors (Lipinski definition) is 3. The number of aliphatic hydroxyl groups excluding tert-OH is 1. The van der Waals surface area contributed by atoms with Gasteiger partial charge in [0.1, 0.15) is 12.6 Å². The first-order valence-corrected chi connectivity index (χ1v) is 11.5. The average molecular weight is 467 g/mol. The molecule has 1 aliphatic heterocycles. The normalized spacial score (nSPS) is 19.4. The molecule has 0 aromatic heterocycles. The highest BCUT2D eigenvalue weighted by atomic mass is 16.5. The summed E-state index contributed by atoms with van der Waals surface area (Å²) in [5, 5.41) is 21.8. The van der Waals surface area contributed by atoms with E-state index in [1.54, 1.807) is 0 Å². The molecule has 1 aliphatic carbocycles. The van der Waals surface area contributed by atoms with Gasteiger partial charge in [-0.1, -0.05) is 62.4 Å². The molecule has 8 nitrogen and oxygen atoms in total. The summed E-state index contributed by atoms with van der Waals surface area (Å²) in [6, 6.07) is 15.2. The van der Waals surface area contributed by atoms with Crippen molar-refractivity contribution in [2.75, 3.05) is 19.7 Å². The topological polar surface area (TPSA) is 116 Å². The van der Waals surface area contributed by atoms with Gasteiger partial charge in [-0.15, -0.1) is 0 Å². The van der Waals surface area contributed by atoms with Crippen LogP contribution in [0.5, 0.6) is 0 Å². The van der Waals surface area contributed by atoms with Gasteiger partial charge in [0, 0.05) is 31.8 Å². The van der Waals surface area contributed by atoms with Crippen LogP contribution in [-0.4, -0.2) is 64.9 Å². The van der Waals surface area contributed by atoms with Gasteiger partial charge in [-0.2, -0.15) is 0 Å². The van der Waals surface area contributed by atoms with E-state index in [2.05, 4.69) is 29.6 Å². The smallest absolute Gasteiger partial charge is 0.407 e. The van der Waals surface area contributed by atoms with E-state index in [0.29, 0.717) is 0 Å². The highest BCUT2D eigenvalue weighted by Crippen LogP contribution is 2.44. The van der Waals surface area contributed by atoms with Crippen LogP contribution < -0.4 is 5.32 Å². The Bertz CT molecular complexity index is 1050. The standard InChI is InChI=1S/C26H30N2O6/c1-26(2,12-23(30)28-13-16(29)11-22(28)24(31)32)15-27-25(33)34-14-21-19-9-5-3-7-17(19)18-8-4-6-10-20(18)21/h3-10,16,21-22,29H,11-15H2,1-2H3,(H,27,33)(H,31,32)/t16-,22+/m1/s1. The van der Waals surface area contributed by atoms with Gasteiger partial charge < -0.3 is 25.2 Å². The van der Waals surface area contributed by atoms with Gasteiger partial charge in [-0.25, -0.2) is 9.59 Å². The second kappa shape index (κ2) is 9.46. The van der Waals surface area contributed by atoms with Gasteiger partial charge in [0.2, 0.25) is 5.91 Å². The lowest BCUT2D eigenvalue weighted by atomic mass is 9.88. The number of ether oxygens (including phenoxy) is 1. The Morgan fingerprint density at radius 1 is 1.06 bits per heavy atom. The SMILES string of the molecule is CC(C)(CNC(=O)OCC1c2ccccc2-c2ccccc21)CC(=O)N1C[C@H](O)C[C@H]1C(=O)O. The molecule has 2 aromatic rings. The van der Waals surface area contributed by atoms with Crippen LogP contribution in [0.15, 0.2) is 48.5 Å². The van der Waals surface area contributed by atoms with Crippen LogP contribution in [0.1, 0.15) is 43.7 Å². The summed E-state index contributed by atoms with van der Waals surface area (Å²) >= 11 is 0. The Morgan fingerprint density at radius 3 is 2.24 bits per heavy atom. The lowest BCUT2D eigenvalue weighted by Crippen LogP contribution is -2.44. The van der Waals surface area contributed by atoms with Crippen LogP contribution in [-0.2, 0) is 14.3 Å². The van der Waals surface area contributed by atoms with E-state index in [1.807, 2.05) is 38.1 Å². The molecular formula is C26H30N2O6. The molecule has 0 unspecified atom stereocenters. The van der Waals surface area contributed by atoms with E-state index in [-0.39, 0.29) is 44.4 Å². The minimum atomic E-state index is -1.13. The van der Waals surface area contributed by atoms with E-state index in [4.69, 9.17) is 4.74 Å². The Balaban J connectivity index is 1.31. The lowest BCUT2D eigenvalue weighted by Gasteiger charge is -2.28. The maximum Gasteiger partial charge on any atom is 0.407 e. The van der Waals surface area contributed by atoms with Gasteiger partial charge in [0.05, 0.1) is 6.10 Å². The predicted molar refractivity (Wildman–Crippen MR) is 125 cm³/mol. The Hall–Kier alpha value is -3.39. The van der Waals surface area contributed by atoms with Gasteiger partial charge >= 0.3 is 12.1 Å². The number of carbonyl (C=O) groups excluding carboxylic acids is 2. The molecule has 2 aromatic carbocycles. The summed E-state index contributed by atoms with van der Waals surface area (Å²) < 4.78 is 5.55. The fraction of sp³-hybridized carbons (Fsp3) is 0.423. The molecule has 0 saturated carbocycles. The second-order valence-electron chi connectivity index (χ2n) is 9.81. The molecule has 3 N–H and O–H groups in total. The fourth-order valence-electron chi connectivity index (χ4n) is 4.86. The van der Waals surface area contributed by atoms with E-state index in [0.717, 1.165) is 22.3 Å². The first-order chi connectivity index (χ1) is 16.2. The predicted octanol–water partition coefficient (Wildman–Crippen LogP) is 2.99. The van der Waals surface area contributed by atoms with E-state index in [9.17, 15) is 24.6 Å². The molecule has 1 fully saturated rings. The summed E-state index contributed by atoms with van der Waals surface area (Å²) in [5.41, 5.74) is 3.93. The number of nitrogens with zero attached hydrogens (tertiary/aromatic N) is 1. The highest BCUT2D eigenvalue weighted by Gasteiger charge is 2.40. The largest absolute Gasteiger partial charge is 0.480 e. The van der Waals surface area contributed by atoms with Crippen molar-refractivity contribution in [2.45, 2.75) is 44.8 Å². The highest BCUT2D eigenvalue weighted by molar-refractivity contribution is 5.85. The number of fused-ring (bicyclic) bond motifs is 3. The molecule has 2 amide bonds. The van der Waals surface area contributed by atoms with Crippen LogP contribution in [0, 0.1) is 5.41 Å². The maximum absolute atomic E-state index is 12.7. The van der Waals surface area contributed by atoms with Crippen molar-refractivity contribution >= 4 is 18.0 Å². The number of β-amino-alcohol motifs (C(OH)–C–C–N with tert-alkyl or cyclic N) is 1. The van der Waals surface area contributed by atoms with Gasteiger partial charge in [-0.05, 0) is 27.7 Å². The first-order valence-electron chi connectivity index (χ1n) is 11.5. The number of carboxylic acids is 1. The molecular weight excluding hydrogens is 436 g/mol. The number of carboxylic acid groups (broad SMARTS) is 1. The summed E-state index contributed by atoms with van der Waals surface area (Å²) in [5.74, 6) is -1.52. The Labute approximate surface area is 198 Å². The average Bonchev–Trinajstić information content (AvgIpc) is 3.35. The van der Waals surface area contributed by atoms with Gasteiger partial charge in [0.25, 0.3) is 0 Å². The zero-order valence-electron chi connectivity index (χ0n) is 19.4. The van der Waals surface area contributed by atoms with E-state index < -0.39 is 29.6 Å². The number of amides is 2. The van der Waals surface area contributed by atoms with Crippen LogP contribution in [0.3, 0.4) is 0 Å². The molecule has 0 radical (unpaired) electrons. The molecule has 2 atom stereocenters. The number of alkyl carbamates (subject to hydrolysis) is 1. The third-order valence-corrected chi connectivity index (χ3v) is 6.57. The maximum atomic E-state index is 12.7. The summed E-state index contributed by atoms with van der Waals surface area (Å²) in [4.78, 5) is 37.8. The summed E-state index contributed by atoms with van der Waals surface area (Å²) in [7, 11) is 0. The molecule has 2 aliphatic rings. The van der Waals surface area contributed by atoms with Crippen molar-refractivity contribution in [3.63, 3.8) is 0 Å². The molecule has 0 bridgehead atoms. The zero-order chi connectivity index (χ0) is 24.5. The zero-order valence-corrected chi connectivity index (χ0v) is 19.4. The summed E-state index contributed by atoms with van der Waals surface area (Å²) in [6.07, 6.45) is -1.35. The second-order valence-corrected chi connectivity index (χ2v) is 9.81. The molecule has 1 saturated heterocycles. The number of nitrogens with one attached hydrogen (secondary N) is 1. The van der Waals surface area contributed by atoms with Crippen molar-refractivity contribution < 1.29 is 29.3 Å². The van der Waals surface area contributed by atoms with Gasteiger partial charge in [0.15, 0.2) is 0 Å². The van der Waals surface area contributed by atoms with E-state index in [1.165, 1.54) is 4.90 Å². The quantitative estimate of drug-likeness (QED) is 0.578. The van der Waals surface area contributed by atoms with Crippen molar-refractivity contribution in [3.8, 4) is 11.1 Å². The van der Waals surface area contributed by atoms with Crippen molar-refractivity contribution in [1.29, 1.82) is 0 Å². The lowest BCUT2D eigenvalue weighted by molar-refractivity contribution is -0.149. The van der Waals surface area contributed by atoms with Crippen LogP contribution >= 0.6 is 0 Å². The number of hydrogen-bond acceptors (Lipinski definition) is 5. The van der Waals surface area contributed by atoms with Crippen LogP contribution in [0.4, 0.5) is 4.79 Å². The molecule has 34 heavy (non-hydrogen) atoms. The third kappa shape index (κ3) is 4.92. The van der Waals surface area contributed by atoms with Crippen LogP contribution in [0.25, 0.3) is 11.1 Å². The molecule has 180 valence electrons. The number of likely N-dealkylation sites (tertiary alicyclic amines) is 1. The van der Waals surface area contributed by atoms with Gasteiger partial charge in [-0.3, -0.25) is 4.79 Å². The monoisotopic (exact) mass is 466 g/mol. The molecule has 1 heterocycles. The Kier molecular flexibility index (Phi) is 6.61. The minimum Gasteiger partial charge on any atom is -0.480 e. The number of aliphatic carboxylic acids is 1.